The van der Waals surface area contributed by atoms with Crippen molar-refractivity contribution in [3.8, 4) is 0 Å². The standard InChI is InChI=1S/C16H15BrN2O2S2/c17-15-7-6-14(22-15)16-11-3-1-2-10(11)12-8-9(23(18,20)21)4-5-13(12)19-16/h1-2,4-8,10-11,16,19H,3H2,(H2,18,20,21). The van der Waals surface area contributed by atoms with Crippen molar-refractivity contribution in [2.24, 2.45) is 11.1 Å². The van der Waals surface area contributed by atoms with Gasteiger partial charge in [-0.3, -0.25) is 0 Å². The third kappa shape index (κ3) is 2.65. The zero-order valence-electron chi connectivity index (χ0n) is 12.1. The van der Waals surface area contributed by atoms with E-state index in [1.54, 1.807) is 23.5 Å². The molecule has 3 atom stereocenters. The van der Waals surface area contributed by atoms with Crippen LogP contribution in [-0.2, 0) is 10.0 Å². The van der Waals surface area contributed by atoms with Gasteiger partial charge in [0.25, 0.3) is 0 Å². The highest BCUT2D eigenvalue weighted by molar-refractivity contribution is 9.11. The lowest BCUT2D eigenvalue weighted by Crippen LogP contribution is -2.28. The molecule has 1 aliphatic heterocycles. The first kappa shape index (κ1) is 15.4. The van der Waals surface area contributed by atoms with E-state index in [4.69, 9.17) is 5.14 Å². The van der Waals surface area contributed by atoms with E-state index in [2.05, 4.69) is 45.5 Å². The van der Waals surface area contributed by atoms with Crippen molar-refractivity contribution >= 4 is 43.0 Å². The molecule has 120 valence electrons. The molecular formula is C16H15BrN2O2S2. The van der Waals surface area contributed by atoms with E-state index >= 15 is 0 Å². The summed E-state index contributed by atoms with van der Waals surface area (Å²) >= 11 is 5.26. The molecule has 2 heterocycles. The van der Waals surface area contributed by atoms with Gasteiger partial charge >= 0.3 is 0 Å². The third-order valence-electron chi connectivity index (χ3n) is 4.56. The Morgan fingerprint density at radius 1 is 1.26 bits per heavy atom. The minimum absolute atomic E-state index is 0.175. The first-order valence-electron chi connectivity index (χ1n) is 7.28. The molecule has 2 aliphatic rings. The van der Waals surface area contributed by atoms with E-state index < -0.39 is 10.0 Å². The van der Waals surface area contributed by atoms with Crippen molar-refractivity contribution in [2.45, 2.75) is 23.3 Å². The average molecular weight is 411 g/mol. The molecule has 0 spiro atoms. The minimum Gasteiger partial charge on any atom is -0.377 e. The van der Waals surface area contributed by atoms with Gasteiger partial charge in [0.2, 0.25) is 10.0 Å². The fraction of sp³-hybridized carbons (Fsp3) is 0.250. The van der Waals surface area contributed by atoms with Crippen LogP contribution >= 0.6 is 27.3 Å². The Hall–Kier alpha value is -1.15. The number of sulfonamides is 1. The summed E-state index contributed by atoms with van der Waals surface area (Å²) in [6, 6.07) is 9.56. The summed E-state index contributed by atoms with van der Waals surface area (Å²) in [5.41, 5.74) is 2.00. The number of thiophene rings is 1. The molecule has 0 fully saturated rings. The first-order valence-corrected chi connectivity index (χ1v) is 10.4. The quantitative estimate of drug-likeness (QED) is 0.735. The van der Waals surface area contributed by atoms with Gasteiger partial charge in [-0.05, 0) is 64.2 Å². The fourth-order valence-corrected chi connectivity index (χ4v) is 5.63. The maximum Gasteiger partial charge on any atom is 0.238 e. The number of rotatable bonds is 2. The molecule has 4 rings (SSSR count). The SMILES string of the molecule is NS(=O)(=O)c1ccc2c(c1)C1C=CCC1C(c1ccc(Br)s1)N2. The van der Waals surface area contributed by atoms with Crippen LogP contribution in [0.4, 0.5) is 5.69 Å². The molecule has 0 bridgehead atoms. The van der Waals surface area contributed by atoms with Gasteiger partial charge in [0.1, 0.15) is 0 Å². The Morgan fingerprint density at radius 3 is 2.78 bits per heavy atom. The van der Waals surface area contributed by atoms with Crippen LogP contribution in [0.5, 0.6) is 0 Å². The number of primary sulfonamides is 1. The summed E-state index contributed by atoms with van der Waals surface area (Å²) in [4.78, 5) is 1.46. The summed E-state index contributed by atoms with van der Waals surface area (Å²) in [5, 5.41) is 8.87. The maximum absolute atomic E-state index is 11.6. The second-order valence-electron chi connectivity index (χ2n) is 5.91. The summed E-state index contributed by atoms with van der Waals surface area (Å²) < 4.78 is 24.4. The van der Waals surface area contributed by atoms with Crippen LogP contribution in [0.25, 0.3) is 0 Å². The second-order valence-corrected chi connectivity index (χ2v) is 9.97. The van der Waals surface area contributed by atoms with Gasteiger partial charge in [0.15, 0.2) is 0 Å². The molecule has 23 heavy (non-hydrogen) atoms. The number of anilines is 1. The molecule has 1 aliphatic carbocycles. The van der Waals surface area contributed by atoms with Crippen LogP contribution in [0.1, 0.15) is 28.8 Å². The zero-order valence-corrected chi connectivity index (χ0v) is 15.3. The number of hydrogen-bond donors (Lipinski definition) is 2. The molecular weight excluding hydrogens is 396 g/mol. The van der Waals surface area contributed by atoms with Gasteiger partial charge in [0, 0.05) is 16.5 Å². The van der Waals surface area contributed by atoms with Crippen molar-refractivity contribution < 1.29 is 8.42 Å². The fourth-order valence-electron chi connectivity index (χ4n) is 3.53. The van der Waals surface area contributed by atoms with Crippen molar-refractivity contribution in [1.82, 2.24) is 0 Å². The van der Waals surface area contributed by atoms with Crippen LogP contribution in [0.3, 0.4) is 0 Å². The molecule has 1 aromatic heterocycles. The average Bonchev–Trinajstić information content (AvgIpc) is 3.13. The largest absolute Gasteiger partial charge is 0.377 e. The van der Waals surface area contributed by atoms with Crippen molar-refractivity contribution in [3.63, 3.8) is 0 Å². The lowest BCUT2D eigenvalue weighted by atomic mass is 9.79. The highest BCUT2D eigenvalue weighted by atomic mass is 79.9. The lowest BCUT2D eigenvalue weighted by molar-refractivity contribution is 0.429. The van der Waals surface area contributed by atoms with Crippen molar-refractivity contribution in [3.05, 3.63) is 56.7 Å². The van der Waals surface area contributed by atoms with E-state index in [1.807, 2.05) is 6.07 Å². The molecule has 0 saturated carbocycles. The molecule has 4 nitrogen and oxygen atoms in total. The zero-order chi connectivity index (χ0) is 16.2. The Balaban J connectivity index is 1.80. The van der Waals surface area contributed by atoms with Crippen molar-refractivity contribution in [2.75, 3.05) is 5.32 Å². The predicted octanol–water partition coefficient (Wildman–Crippen LogP) is 3.98. The van der Waals surface area contributed by atoms with Gasteiger partial charge in [0.05, 0.1) is 14.7 Å². The molecule has 0 amide bonds. The Kier molecular flexibility index (Phi) is 3.64. The second kappa shape index (κ2) is 5.44. The molecule has 0 saturated heterocycles. The van der Waals surface area contributed by atoms with E-state index in [9.17, 15) is 8.42 Å². The first-order chi connectivity index (χ1) is 10.9. The van der Waals surface area contributed by atoms with Crippen LogP contribution < -0.4 is 10.5 Å². The highest BCUT2D eigenvalue weighted by Gasteiger charge is 2.38. The van der Waals surface area contributed by atoms with Crippen LogP contribution in [0.2, 0.25) is 0 Å². The van der Waals surface area contributed by atoms with E-state index in [-0.39, 0.29) is 16.9 Å². The maximum atomic E-state index is 11.6. The Morgan fingerprint density at radius 2 is 2.09 bits per heavy atom. The molecule has 3 N–H and O–H groups in total. The smallest absolute Gasteiger partial charge is 0.238 e. The molecule has 2 aromatic rings. The third-order valence-corrected chi connectivity index (χ3v) is 7.18. The molecule has 3 unspecified atom stereocenters. The van der Waals surface area contributed by atoms with Crippen molar-refractivity contribution in [1.29, 1.82) is 0 Å². The summed E-state index contributed by atoms with van der Waals surface area (Å²) in [6.45, 7) is 0. The lowest BCUT2D eigenvalue weighted by Gasteiger charge is -2.37. The van der Waals surface area contributed by atoms with Gasteiger partial charge in [-0.25, -0.2) is 13.6 Å². The number of allylic oxidation sites excluding steroid dienone is 2. The number of nitrogens with one attached hydrogen (secondary N) is 1. The van der Waals surface area contributed by atoms with E-state index in [1.165, 1.54) is 4.88 Å². The Bertz CT molecular complexity index is 905. The van der Waals surface area contributed by atoms with E-state index in [0.29, 0.717) is 5.92 Å². The van der Waals surface area contributed by atoms with Crippen LogP contribution in [-0.4, -0.2) is 8.42 Å². The monoisotopic (exact) mass is 410 g/mol. The number of benzene rings is 1. The topological polar surface area (TPSA) is 72.2 Å². The molecule has 1 aromatic carbocycles. The van der Waals surface area contributed by atoms with Gasteiger partial charge < -0.3 is 5.32 Å². The minimum atomic E-state index is -3.68. The van der Waals surface area contributed by atoms with E-state index in [0.717, 1.165) is 21.5 Å². The van der Waals surface area contributed by atoms with Gasteiger partial charge in [-0.15, -0.1) is 11.3 Å². The number of hydrogen-bond acceptors (Lipinski definition) is 4. The summed E-state index contributed by atoms with van der Waals surface area (Å²) in [5.74, 6) is 0.614. The van der Waals surface area contributed by atoms with Gasteiger partial charge in [-0.2, -0.15) is 0 Å². The number of halogens is 1. The number of nitrogens with two attached hydrogens (primary N) is 1. The Labute approximate surface area is 147 Å². The number of fused-ring (bicyclic) bond motifs is 3. The molecule has 7 heteroatoms. The van der Waals surface area contributed by atoms with Crippen LogP contribution in [0.15, 0.2) is 51.2 Å². The van der Waals surface area contributed by atoms with Gasteiger partial charge in [-0.1, -0.05) is 12.2 Å². The summed E-state index contributed by atoms with van der Waals surface area (Å²) in [7, 11) is -3.68. The molecule has 0 radical (unpaired) electrons. The summed E-state index contributed by atoms with van der Waals surface area (Å²) in [6.07, 6.45) is 5.36. The van der Waals surface area contributed by atoms with Crippen LogP contribution in [0, 0.1) is 5.92 Å². The predicted molar refractivity (Wildman–Crippen MR) is 96.2 cm³/mol. The highest BCUT2D eigenvalue weighted by Crippen LogP contribution is 2.51. The normalized spacial score (nSPS) is 25.7.